The molecule has 0 aliphatic carbocycles. The minimum Gasteiger partial charge on any atom is -0.397 e. The summed E-state index contributed by atoms with van der Waals surface area (Å²) in [7, 11) is 0. The van der Waals surface area contributed by atoms with Gasteiger partial charge in [-0.2, -0.15) is 0 Å². The molecule has 0 aromatic heterocycles. The van der Waals surface area contributed by atoms with Crippen molar-refractivity contribution >= 4 is 23.0 Å². The molecule has 1 atom stereocenters. The Bertz CT molecular complexity index is 351. The van der Waals surface area contributed by atoms with Gasteiger partial charge in [0.25, 0.3) is 0 Å². The van der Waals surface area contributed by atoms with Crippen LogP contribution in [0.5, 0.6) is 0 Å². The topological polar surface area (TPSA) is 47.3 Å². The summed E-state index contributed by atoms with van der Waals surface area (Å²) in [5.41, 5.74) is 7.47. The highest BCUT2D eigenvalue weighted by molar-refractivity contribution is 6.31. The lowest BCUT2D eigenvalue weighted by molar-refractivity contribution is 0.107. The van der Waals surface area contributed by atoms with Gasteiger partial charge in [0.2, 0.25) is 0 Å². The second-order valence-electron chi connectivity index (χ2n) is 4.08. The van der Waals surface area contributed by atoms with Crippen molar-refractivity contribution in [3.05, 3.63) is 23.2 Å². The molecule has 0 radical (unpaired) electrons. The number of hydrogen-bond acceptors (Lipinski definition) is 3. The highest BCUT2D eigenvalue weighted by atomic mass is 35.5. The summed E-state index contributed by atoms with van der Waals surface area (Å²) in [6.45, 7) is 1.78. The lowest BCUT2D eigenvalue weighted by atomic mass is 10.2. The third-order valence-corrected chi connectivity index (χ3v) is 3.06. The molecule has 1 heterocycles. The van der Waals surface area contributed by atoms with Crippen molar-refractivity contribution in [1.82, 2.24) is 0 Å². The molecule has 1 saturated heterocycles. The number of halogens is 1. The highest BCUT2D eigenvalue weighted by Gasteiger charge is 2.14. The molecule has 16 heavy (non-hydrogen) atoms. The fraction of sp³-hybridized carbons (Fsp3) is 0.500. The number of benzene rings is 1. The monoisotopic (exact) mass is 240 g/mol. The zero-order valence-electron chi connectivity index (χ0n) is 9.21. The molecule has 1 aliphatic rings. The molecule has 0 saturated carbocycles. The van der Waals surface area contributed by atoms with Crippen LogP contribution in [0.1, 0.15) is 19.3 Å². The molecular weight excluding hydrogens is 224 g/mol. The Morgan fingerprint density at radius 1 is 1.50 bits per heavy atom. The Hall–Kier alpha value is -0.930. The van der Waals surface area contributed by atoms with Crippen molar-refractivity contribution in [3.63, 3.8) is 0 Å². The maximum absolute atomic E-state index is 5.90. The van der Waals surface area contributed by atoms with Gasteiger partial charge in [-0.3, -0.25) is 0 Å². The normalized spacial score (nSPS) is 19.9. The van der Waals surface area contributed by atoms with Crippen molar-refractivity contribution in [1.29, 1.82) is 0 Å². The van der Waals surface area contributed by atoms with Crippen molar-refractivity contribution in [3.8, 4) is 0 Å². The first-order valence-corrected chi connectivity index (χ1v) is 6.04. The van der Waals surface area contributed by atoms with Crippen molar-refractivity contribution in [2.45, 2.75) is 25.4 Å². The van der Waals surface area contributed by atoms with Gasteiger partial charge >= 0.3 is 0 Å². The van der Waals surface area contributed by atoms with E-state index in [0.717, 1.165) is 30.9 Å². The summed E-state index contributed by atoms with van der Waals surface area (Å²) in [6.07, 6.45) is 3.79. The number of nitrogens with one attached hydrogen (secondary N) is 1. The molecule has 2 rings (SSSR count). The van der Waals surface area contributed by atoms with Crippen LogP contribution in [0, 0.1) is 0 Å². The number of hydrogen-bond donors (Lipinski definition) is 2. The van der Waals surface area contributed by atoms with Gasteiger partial charge in [-0.1, -0.05) is 11.6 Å². The highest BCUT2D eigenvalue weighted by Crippen LogP contribution is 2.23. The molecule has 0 amide bonds. The Labute approximate surface area is 101 Å². The molecular formula is C12H17ClN2O. The maximum Gasteiger partial charge on any atom is 0.0592 e. The van der Waals surface area contributed by atoms with E-state index in [1.54, 1.807) is 6.07 Å². The van der Waals surface area contributed by atoms with Gasteiger partial charge in [-0.05, 0) is 37.5 Å². The summed E-state index contributed by atoms with van der Waals surface area (Å²) in [5.74, 6) is 0. The summed E-state index contributed by atoms with van der Waals surface area (Å²) in [5, 5.41) is 3.99. The van der Waals surface area contributed by atoms with Gasteiger partial charge in [-0.15, -0.1) is 0 Å². The smallest absolute Gasteiger partial charge is 0.0592 e. The summed E-state index contributed by atoms with van der Waals surface area (Å²) >= 11 is 5.90. The van der Waals surface area contributed by atoms with Gasteiger partial charge < -0.3 is 15.8 Å². The third-order valence-electron chi connectivity index (χ3n) is 2.82. The van der Waals surface area contributed by atoms with Crippen molar-refractivity contribution in [2.24, 2.45) is 0 Å². The summed E-state index contributed by atoms with van der Waals surface area (Å²) in [4.78, 5) is 0. The minimum absolute atomic E-state index is 0.410. The van der Waals surface area contributed by atoms with Gasteiger partial charge in [0, 0.05) is 18.2 Å². The molecule has 4 heteroatoms. The van der Waals surface area contributed by atoms with Gasteiger partial charge in [0.15, 0.2) is 0 Å². The first-order chi connectivity index (χ1) is 7.75. The summed E-state index contributed by atoms with van der Waals surface area (Å²) in [6, 6.07) is 5.46. The van der Waals surface area contributed by atoms with Crippen LogP contribution in [-0.2, 0) is 4.74 Å². The van der Waals surface area contributed by atoms with E-state index in [9.17, 15) is 0 Å². The van der Waals surface area contributed by atoms with Crippen LogP contribution >= 0.6 is 11.6 Å². The predicted molar refractivity (Wildman–Crippen MR) is 67.9 cm³/mol. The van der Waals surface area contributed by atoms with Crippen LogP contribution in [0.25, 0.3) is 0 Å². The molecule has 3 N–H and O–H groups in total. The first kappa shape index (κ1) is 11.6. The van der Waals surface area contributed by atoms with E-state index in [2.05, 4.69) is 5.32 Å². The van der Waals surface area contributed by atoms with Crippen molar-refractivity contribution < 1.29 is 4.74 Å². The van der Waals surface area contributed by atoms with Crippen LogP contribution in [0.3, 0.4) is 0 Å². The van der Waals surface area contributed by atoms with E-state index in [1.807, 2.05) is 12.1 Å². The van der Waals surface area contributed by atoms with E-state index < -0.39 is 0 Å². The molecule has 1 aromatic carbocycles. The van der Waals surface area contributed by atoms with Crippen LogP contribution in [-0.4, -0.2) is 19.3 Å². The van der Waals surface area contributed by atoms with Gasteiger partial charge in [0.05, 0.1) is 17.5 Å². The zero-order chi connectivity index (χ0) is 11.4. The number of nitrogen functional groups attached to an aromatic ring is 1. The van der Waals surface area contributed by atoms with Crippen LogP contribution < -0.4 is 11.1 Å². The van der Waals surface area contributed by atoms with Gasteiger partial charge in [0.1, 0.15) is 0 Å². The fourth-order valence-corrected chi connectivity index (χ4v) is 2.09. The minimum atomic E-state index is 0.410. The average molecular weight is 241 g/mol. The second kappa shape index (κ2) is 5.41. The van der Waals surface area contributed by atoms with E-state index >= 15 is 0 Å². The Kier molecular flexibility index (Phi) is 3.91. The van der Waals surface area contributed by atoms with Crippen molar-refractivity contribution in [2.75, 3.05) is 24.2 Å². The maximum atomic E-state index is 5.90. The number of ether oxygens (including phenoxy) is 1. The zero-order valence-corrected chi connectivity index (χ0v) is 9.96. The molecule has 1 aromatic rings. The first-order valence-electron chi connectivity index (χ1n) is 5.66. The van der Waals surface area contributed by atoms with Crippen LogP contribution in [0.15, 0.2) is 18.2 Å². The average Bonchev–Trinajstić information content (AvgIpc) is 2.76. The van der Waals surface area contributed by atoms with Crippen LogP contribution in [0.4, 0.5) is 11.4 Å². The summed E-state index contributed by atoms with van der Waals surface area (Å²) < 4.78 is 5.55. The molecule has 88 valence electrons. The predicted octanol–water partition coefficient (Wildman–Crippen LogP) is 2.90. The lowest BCUT2D eigenvalue weighted by Crippen LogP contribution is -2.13. The number of anilines is 2. The molecule has 1 fully saturated rings. The fourth-order valence-electron chi connectivity index (χ4n) is 1.92. The molecule has 3 nitrogen and oxygen atoms in total. The second-order valence-corrected chi connectivity index (χ2v) is 4.52. The largest absolute Gasteiger partial charge is 0.397 e. The van der Waals surface area contributed by atoms with E-state index in [1.165, 1.54) is 12.8 Å². The van der Waals surface area contributed by atoms with E-state index in [4.69, 9.17) is 22.1 Å². The quantitative estimate of drug-likeness (QED) is 0.796. The Morgan fingerprint density at radius 3 is 3.12 bits per heavy atom. The number of rotatable bonds is 4. The molecule has 1 aliphatic heterocycles. The SMILES string of the molecule is Nc1ccc(Cl)cc1NCCC1CCCO1. The molecule has 0 spiro atoms. The van der Waals surface area contributed by atoms with E-state index in [-0.39, 0.29) is 0 Å². The Balaban J connectivity index is 1.82. The standard InChI is InChI=1S/C12H17ClN2O/c13-9-3-4-11(14)12(8-9)15-6-5-10-2-1-7-16-10/h3-4,8,10,15H,1-2,5-7,14H2. The third kappa shape index (κ3) is 3.03. The molecule has 1 unspecified atom stereocenters. The van der Waals surface area contributed by atoms with Gasteiger partial charge in [-0.25, -0.2) is 0 Å². The lowest BCUT2D eigenvalue weighted by Gasteiger charge is -2.12. The Morgan fingerprint density at radius 2 is 2.38 bits per heavy atom. The van der Waals surface area contributed by atoms with E-state index in [0.29, 0.717) is 11.1 Å². The number of nitrogens with two attached hydrogens (primary N) is 1. The van der Waals surface area contributed by atoms with Crippen LogP contribution in [0.2, 0.25) is 5.02 Å². The molecule has 0 bridgehead atoms.